The first-order chi connectivity index (χ1) is 49.5. The highest BCUT2D eigenvalue weighted by molar-refractivity contribution is 7.20. The lowest BCUT2D eigenvalue weighted by atomic mass is 9.32. The zero-order valence-electron chi connectivity index (χ0n) is 59.8. The maximum Gasteiger partial charge on any atom is 0.252 e. The fraction of sp³-hybridized carbons (Fsp3) is 0.125. The van der Waals surface area contributed by atoms with Crippen molar-refractivity contribution < 1.29 is 0 Å². The van der Waals surface area contributed by atoms with Crippen molar-refractivity contribution in [1.82, 2.24) is 4.57 Å². The summed E-state index contributed by atoms with van der Waals surface area (Å²) < 4.78 is 2.60. The Labute approximate surface area is 604 Å². The Bertz CT molecular complexity index is 5360. The van der Waals surface area contributed by atoms with Crippen molar-refractivity contribution in [3.8, 4) is 16.8 Å². The molecule has 0 radical (unpaired) electrons. The van der Waals surface area contributed by atoms with E-state index in [-0.39, 0.29) is 23.0 Å². The third kappa shape index (κ3) is 10.5. The molecule has 2 aliphatic rings. The first kappa shape index (κ1) is 64.4. The topological polar surface area (TPSA) is 11.4 Å². The Morgan fingerprint density at radius 1 is 0.255 bits per heavy atom. The Kier molecular flexibility index (Phi) is 15.7. The lowest BCUT2D eigenvalue weighted by Crippen LogP contribution is -2.74. The molecule has 0 saturated carbocycles. The minimum absolute atomic E-state index is 0.0194. The summed E-state index contributed by atoms with van der Waals surface area (Å²) in [5.74, 6) is 0. The fourth-order valence-electron chi connectivity index (χ4n) is 17.2. The molecule has 6 heteroatoms. The molecular formula is C96H84BN3Si2. The minimum atomic E-state index is -3.07. The van der Waals surface area contributed by atoms with E-state index >= 15 is 0 Å². The Hall–Kier alpha value is -11.0. The van der Waals surface area contributed by atoms with Crippen LogP contribution in [-0.4, -0.2) is 27.4 Å². The summed E-state index contributed by atoms with van der Waals surface area (Å²) >= 11 is 0. The second-order valence-electron chi connectivity index (χ2n) is 31.2. The van der Waals surface area contributed by atoms with Crippen molar-refractivity contribution in [2.45, 2.75) is 78.6 Å². The van der Waals surface area contributed by atoms with Gasteiger partial charge in [0.2, 0.25) is 0 Å². The number of hydrogen-bond acceptors (Lipinski definition) is 2. The van der Waals surface area contributed by atoms with Crippen LogP contribution in [0.3, 0.4) is 0 Å². The number of hydrogen-bond donors (Lipinski definition) is 0. The zero-order valence-corrected chi connectivity index (χ0v) is 61.8. The van der Waals surface area contributed by atoms with Crippen molar-refractivity contribution in [3.63, 3.8) is 0 Å². The van der Waals surface area contributed by atoms with Gasteiger partial charge in [0.1, 0.15) is 0 Å². The van der Waals surface area contributed by atoms with E-state index in [1.165, 1.54) is 108 Å². The molecule has 0 N–H and O–H groups in total. The second-order valence-corrected chi connectivity index (χ2v) is 38.8. The van der Waals surface area contributed by atoms with Gasteiger partial charge in [-0.1, -0.05) is 335 Å². The van der Waals surface area contributed by atoms with Gasteiger partial charge < -0.3 is 14.4 Å². The van der Waals surface area contributed by atoms with Crippen LogP contribution in [0.1, 0.15) is 79.0 Å². The largest absolute Gasteiger partial charge is 0.311 e. The summed E-state index contributed by atoms with van der Waals surface area (Å²) in [5.41, 5.74) is 20.3. The molecule has 0 unspecified atom stereocenters. The summed E-state index contributed by atoms with van der Waals surface area (Å²) in [7, 11) is -6.11. The van der Waals surface area contributed by atoms with Crippen LogP contribution < -0.4 is 67.7 Å². The smallest absolute Gasteiger partial charge is 0.252 e. The van der Waals surface area contributed by atoms with Crippen LogP contribution in [0.4, 0.5) is 34.1 Å². The SMILES string of the molecule is CC(C)(C)c1ccc(-c2cccc3c2B2c4ccccc4N(c4cccc([Si](c5ccccc5)(c5ccccc5)c5ccccc5)c4)c4cc(-n5c6ccc(C(C)(C)C)cc6c6cc(C(C)(C)C)ccc65)cc(c42)N3c2cccc([Si](c3ccccc3)(c3ccccc3)c3ccccc3)c2)cc1. The van der Waals surface area contributed by atoms with E-state index in [1.807, 2.05) is 0 Å². The normalized spacial score (nSPS) is 13.1. The highest BCUT2D eigenvalue weighted by Crippen LogP contribution is 2.48. The van der Waals surface area contributed by atoms with Crippen molar-refractivity contribution in [2.24, 2.45) is 0 Å². The molecule has 3 nitrogen and oxygen atoms in total. The molecule has 0 spiro atoms. The summed E-state index contributed by atoms with van der Waals surface area (Å²) in [6.45, 7) is 20.8. The van der Waals surface area contributed by atoms with Gasteiger partial charge in [-0.15, -0.1) is 0 Å². The van der Waals surface area contributed by atoms with Crippen molar-refractivity contribution in [3.05, 3.63) is 362 Å². The van der Waals surface area contributed by atoms with Gasteiger partial charge in [-0.2, -0.15) is 0 Å². The van der Waals surface area contributed by atoms with Gasteiger partial charge in [-0.3, -0.25) is 0 Å². The van der Waals surface area contributed by atoms with E-state index in [0.717, 1.165) is 39.8 Å². The molecule has 102 heavy (non-hydrogen) atoms. The molecular weight excluding hydrogens is 1260 g/mol. The second kappa shape index (κ2) is 24.9. The third-order valence-electron chi connectivity index (χ3n) is 22.1. The average molecular weight is 1350 g/mol. The quantitative estimate of drug-likeness (QED) is 0.0892. The first-order valence-corrected chi connectivity index (χ1v) is 40.3. The number of aromatic nitrogens is 1. The predicted molar refractivity (Wildman–Crippen MR) is 444 cm³/mol. The van der Waals surface area contributed by atoms with Crippen LogP contribution in [0.25, 0.3) is 38.6 Å². The van der Waals surface area contributed by atoms with E-state index < -0.39 is 16.1 Å². The summed E-state index contributed by atoms with van der Waals surface area (Å²) in [4.78, 5) is 5.33. The summed E-state index contributed by atoms with van der Waals surface area (Å²) in [6, 6.07) is 133. The first-order valence-electron chi connectivity index (χ1n) is 36.3. The van der Waals surface area contributed by atoms with Gasteiger partial charge in [0.05, 0.1) is 16.7 Å². The highest BCUT2D eigenvalue weighted by atomic mass is 28.3. The van der Waals surface area contributed by atoms with Gasteiger partial charge in [-0.05, 0) is 175 Å². The third-order valence-corrected chi connectivity index (χ3v) is 31.7. The van der Waals surface area contributed by atoms with Gasteiger partial charge >= 0.3 is 0 Å². The number of fused-ring (bicyclic) bond motifs is 7. The molecule has 0 bridgehead atoms. The molecule has 0 amide bonds. The summed E-state index contributed by atoms with van der Waals surface area (Å²) in [5, 5.41) is 13.2. The monoisotopic (exact) mass is 1350 g/mol. The highest BCUT2D eigenvalue weighted by Gasteiger charge is 2.48. The average Bonchev–Trinajstić information content (AvgIpc) is 0.781. The minimum Gasteiger partial charge on any atom is -0.311 e. The van der Waals surface area contributed by atoms with Gasteiger partial charge in [0.15, 0.2) is 16.1 Å². The van der Waals surface area contributed by atoms with Crippen LogP contribution in [0.5, 0.6) is 0 Å². The molecule has 0 saturated heterocycles. The Morgan fingerprint density at radius 3 is 1.00 bits per heavy atom. The molecule has 0 fully saturated rings. The van der Waals surface area contributed by atoms with E-state index in [0.29, 0.717) is 0 Å². The van der Waals surface area contributed by atoms with Crippen LogP contribution >= 0.6 is 0 Å². The molecule has 494 valence electrons. The molecule has 1 aromatic heterocycles. The van der Waals surface area contributed by atoms with E-state index in [9.17, 15) is 0 Å². The lowest BCUT2D eigenvalue weighted by Gasteiger charge is -2.45. The molecule has 15 aromatic rings. The van der Waals surface area contributed by atoms with Crippen molar-refractivity contribution in [1.29, 1.82) is 0 Å². The predicted octanol–water partition coefficient (Wildman–Crippen LogP) is 17.2. The fourth-order valence-corrected chi connectivity index (χ4v) is 26.8. The number of anilines is 6. The molecule has 3 heterocycles. The van der Waals surface area contributed by atoms with Crippen molar-refractivity contribution >= 4 is 137 Å². The molecule has 2 aliphatic heterocycles. The number of para-hydroxylation sites is 1. The lowest BCUT2D eigenvalue weighted by molar-refractivity contribution is 0.590. The number of rotatable bonds is 12. The van der Waals surface area contributed by atoms with Gasteiger partial charge in [-0.25, -0.2) is 0 Å². The van der Waals surface area contributed by atoms with Crippen molar-refractivity contribution in [2.75, 3.05) is 9.80 Å². The standard InChI is InChI=1S/C96H84BN3Si2/c1-94(2,3)68-55-53-67(54-56-68)82-49-32-52-89-92(82)97-85-50-28-29-51-88(85)98(71-33-30-47-80(63-71)101(74-35-16-10-17-36-74,75-37-18-11-19-38-75)76-39-20-12-21-40-76)90-65-73(100-86-59-57-69(95(4,5)6)61-83(86)84-62-70(96(7,8)9)58-60-87(84)100)66-91(93(90)97)99(89)72-34-31-48-81(64-72)102(77-41-22-13-23-42-77,78-43-24-14-25-44-78)79-45-26-15-27-46-79/h10-66H,1-9H3. The van der Waals surface area contributed by atoms with Crippen LogP contribution in [0, 0.1) is 0 Å². The summed E-state index contributed by atoms with van der Waals surface area (Å²) in [6.07, 6.45) is 0. The van der Waals surface area contributed by atoms with Crippen LogP contribution in [0.15, 0.2) is 346 Å². The van der Waals surface area contributed by atoms with E-state index in [2.05, 4.69) is 422 Å². The molecule has 17 rings (SSSR count). The molecule has 0 atom stereocenters. The molecule has 14 aromatic carbocycles. The Balaban J connectivity index is 1.02. The number of nitrogens with zero attached hydrogens (tertiary/aromatic N) is 3. The molecule has 0 aliphatic carbocycles. The van der Waals surface area contributed by atoms with E-state index in [1.54, 1.807) is 0 Å². The van der Waals surface area contributed by atoms with Crippen LogP contribution in [0.2, 0.25) is 0 Å². The number of benzene rings is 14. The van der Waals surface area contributed by atoms with Crippen LogP contribution in [-0.2, 0) is 16.2 Å². The zero-order chi connectivity index (χ0) is 69.7. The van der Waals surface area contributed by atoms with Gasteiger partial charge in [0, 0.05) is 44.9 Å². The van der Waals surface area contributed by atoms with E-state index in [4.69, 9.17) is 0 Å². The maximum atomic E-state index is 2.68. The Morgan fingerprint density at radius 2 is 0.598 bits per heavy atom. The maximum absolute atomic E-state index is 3.07. The van der Waals surface area contributed by atoms with Gasteiger partial charge in [0.25, 0.3) is 6.71 Å².